The second-order valence-electron chi connectivity index (χ2n) is 6.70. The molecule has 1 N–H and O–H groups in total. The van der Waals surface area contributed by atoms with Gasteiger partial charge in [-0.25, -0.2) is 8.42 Å². The van der Waals surface area contributed by atoms with Gasteiger partial charge >= 0.3 is 0 Å². The normalized spacial score (nSPS) is 11.8. The van der Waals surface area contributed by atoms with Crippen molar-refractivity contribution in [1.29, 1.82) is 0 Å². The van der Waals surface area contributed by atoms with Crippen LogP contribution in [0.4, 0.5) is 5.82 Å². The molecule has 2 aromatic heterocycles. The molecule has 0 radical (unpaired) electrons. The number of carbonyl (C=O) groups excluding carboxylic acids is 1. The van der Waals surface area contributed by atoms with E-state index in [2.05, 4.69) is 15.4 Å². The van der Waals surface area contributed by atoms with Crippen molar-refractivity contribution < 1.29 is 13.2 Å². The maximum absolute atomic E-state index is 12.5. The number of aromatic nitrogens is 3. The summed E-state index contributed by atoms with van der Waals surface area (Å²) in [6.45, 7) is 4.95. The molecule has 0 aliphatic carbocycles. The molecule has 1 amide bonds. The van der Waals surface area contributed by atoms with Crippen molar-refractivity contribution in [2.24, 2.45) is 0 Å². The smallest absolute Gasteiger partial charge is 0.249 e. The van der Waals surface area contributed by atoms with E-state index in [0.717, 1.165) is 5.69 Å². The van der Waals surface area contributed by atoms with Crippen LogP contribution in [0.1, 0.15) is 25.1 Å². The molecule has 2 heterocycles. The van der Waals surface area contributed by atoms with E-state index < -0.39 is 10.0 Å². The predicted molar refractivity (Wildman–Crippen MR) is 120 cm³/mol. The number of rotatable bonds is 9. The van der Waals surface area contributed by atoms with Crippen LogP contribution >= 0.6 is 0 Å². The molecule has 0 aliphatic heterocycles. The molecule has 0 spiro atoms. The van der Waals surface area contributed by atoms with Gasteiger partial charge in [-0.1, -0.05) is 32.0 Å². The molecule has 0 bridgehead atoms. The number of anilines is 1. The second kappa shape index (κ2) is 10.1. The highest BCUT2D eigenvalue weighted by Gasteiger charge is 2.20. The molecule has 9 heteroatoms. The monoisotopic (exact) mass is 439 g/mol. The van der Waals surface area contributed by atoms with Gasteiger partial charge in [0.2, 0.25) is 15.9 Å². The Bertz CT molecular complexity index is 1140. The zero-order valence-electron chi connectivity index (χ0n) is 17.5. The Morgan fingerprint density at radius 3 is 2.48 bits per heavy atom. The summed E-state index contributed by atoms with van der Waals surface area (Å²) in [7, 11) is -3.50. The van der Waals surface area contributed by atoms with Crippen LogP contribution in [0.2, 0.25) is 0 Å². The van der Waals surface area contributed by atoms with E-state index in [9.17, 15) is 13.2 Å². The van der Waals surface area contributed by atoms with Crippen LogP contribution in [-0.4, -0.2) is 46.5 Å². The molecule has 0 fully saturated rings. The van der Waals surface area contributed by atoms with Gasteiger partial charge in [0, 0.05) is 37.6 Å². The van der Waals surface area contributed by atoms with Crippen molar-refractivity contribution in [3.05, 3.63) is 78.3 Å². The quantitative estimate of drug-likeness (QED) is 0.517. The van der Waals surface area contributed by atoms with Crippen molar-refractivity contribution >= 4 is 27.8 Å². The number of carbonyl (C=O) groups is 1. The van der Waals surface area contributed by atoms with Crippen molar-refractivity contribution in [3.63, 3.8) is 0 Å². The van der Waals surface area contributed by atoms with Gasteiger partial charge in [0.25, 0.3) is 0 Å². The first-order valence-corrected chi connectivity index (χ1v) is 11.4. The van der Waals surface area contributed by atoms with Crippen LogP contribution in [0.25, 0.3) is 6.08 Å². The highest BCUT2D eigenvalue weighted by atomic mass is 32.2. The standard InChI is InChI=1S/C22H25N5O3S/c1-3-27(4-2)31(29,30)20-11-8-18(9-12-20)10-13-22(28)24-21-14-16-26(25-21)17-19-7-5-6-15-23-19/h5-16H,3-4,17H2,1-2H3,(H,24,25,28)/b13-10+. The first kappa shape index (κ1) is 22.4. The minimum atomic E-state index is -3.50. The largest absolute Gasteiger partial charge is 0.306 e. The SMILES string of the molecule is CCN(CC)S(=O)(=O)c1ccc(/C=C/C(=O)Nc2ccn(Cc3ccccn3)n2)cc1. The van der Waals surface area contributed by atoms with Gasteiger partial charge in [0.05, 0.1) is 17.1 Å². The molecule has 162 valence electrons. The lowest BCUT2D eigenvalue weighted by molar-refractivity contribution is -0.111. The molecule has 3 rings (SSSR count). The van der Waals surface area contributed by atoms with Crippen LogP contribution in [0.3, 0.4) is 0 Å². The molecule has 0 saturated carbocycles. The Kier molecular flexibility index (Phi) is 7.32. The lowest BCUT2D eigenvalue weighted by atomic mass is 10.2. The second-order valence-corrected chi connectivity index (χ2v) is 8.64. The first-order valence-electron chi connectivity index (χ1n) is 9.95. The average Bonchev–Trinajstić information content (AvgIpc) is 3.20. The van der Waals surface area contributed by atoms with E-state index >= 15 is 0 Å². The first-order chi connectivity index (χ1) is 14.9. The summed E-state index contributed by atoms with van der Waals surface area (Å²) in [5, 5.41) is 7.01. The molecular formula is C22H25N5O3S. The maximum Gasteiger partial charge on any atom is 0.249 e. The Labute approximate surface area is 182 Å². The lowest BCUT2D eigenvalue weighted by Gasteiger charge is -2.18. The molecule has 1 aromatic carbocycles. The van der Waals surface area contributed by atoms with Crippen molar-refractivity contribution in [2.45, 2.75) is 25.3 Å². The van der Waals surface area contributed by atoms with Gasteiger partial charge < -0.3 is 5.32 Å². The van der Waals surface area contributed by atoms with Gasteiger partial charge in [-0.2, -0.15) is 9.40 Å². The third-order valence-corrected chi connectivity index (χ3v) is 6.66. The molecular weight excluding hydrogens is 414 g/mol. The van der Waals surface area contributed by atoms with Gasteiger partial charge in [-0.15, -0.1) is 0 Å². The van der Waals surface area contributed by atoms with Crippen molar-refractivity contribution in [2.75, 3.05) is 18.4 Å². The summed E-state index contributed by atoms with van der Waals surface area (Å²) < 4.78 is 28.1. The summed E-state index contributed by atoms with van der Waals surface area (Å²) in [4.78, 5) is 16.7. The molecule has 0 atom stereocenters. The average molecular weight is 440 g/mol. The summed E-state index contributed by atoms with van der Waals surface area (Å²) >= 11 is 0. The molecule has 0 saturated heterocycles. The molecule has 3 aromatic rings. The van der Waals surface area contributed by atoms with Gasteiger partial charge in [-0.3, -0.25) is 14.5 Å². The number of hydrogen-bond donors (Lipinski definition) is 1. The van der Waals surface area contributed by atoms with Crippen LogP contribution in [0.5, 0.6) is 0 Å². The zero-order chi connectivity index (χ0) is 22.3. The fraction of sp³-hybridized carbons (Fsp3) is 0.227. The van der Waals surface area contributed by atoms with E-state index in [1.807, 2.05) is 18.2 Å². The minimum Gasteiger partial charge on any atom is -0.306 e. The molecule has 8 nitrogen and oxygen atoms in total. The highest BCUT2D eigenvalue weighted by molar-refractivity contribution is 7.89. The number of benzene rings is 1. The van der Waals surface area contributed by atoms with E-state index in [0.29, 0.717) is 31.0 Å². The fourth-order valence-electron chi connectivity index (χ4n) is 2.98. The summed E-state index contributed by atoms with van der Waals surface area (Å²) in [5.41, 5.74) is 1.59. The van der Waals surface area contributed by atoms with Crippen LogP contribution < -0.4 is 5.32 Å². The minimum absolute atomic E-state index is 0.233. The number of amides is 1. The number of pyridine rings is 1. The maximum atomic E-state index is 12.5. The van der Waals surface area contributed by atoms with Crippen LogP contribution in [0, 0.1) is 0 Å². The third-order valence-electron chi connectivity index (χ3n) is 4.59. The highest BCUT2D eigenvalue weighted by Crippen LogP contribution is 2.17. The summed E-state index contributed by atoms with van der Waals surface area (Å²) in [6.07, 6.45) is 6.49. The zero-order valence-corrected chi connectivity index (χ0v) is 18.3. The molecule has 31 heavy (non-hydrogen) atoms. The van der Waals surface area contributed by atoms with Crippen LogP contribution in [0.15, 0.2) is 71.9 Å². The van der Waals surface area contributed by atoms with E-state index in [4.69, 9.17) is 0 Å². The Morgan fingerprint density at radius 2 is 1.84 bits per heavy atom. The molecule has 0 unspecified atom stereocenters. The van der Waals surface area contributed by atoms with Gasteiger partial charge in [0.1, 0.15) is 0 Å². The van der Waals surface area contributed by atoms with E-state index in [1.165, 1.54) is 10.4 Å². The van der Waals surface area contributed by atoms with E-state index in [1.54, 1.807) is 67.3 Å². The summed E-state index contributed by atoms with van der Waals surface area (Å²) in [5.74, 6) is 0.106. The summed E-state index contributed by atoms with van der Waals surface area (Å²) in [6, 6.07) is 13.8. The number of sulfonamides is 1. The fourth-order valence-corrected chi connectivity index (χ4v) is 4.44. The molecule has 0 aliphatic rings. The van der Waals surface area contributed by atoms with Gasteiger partial charge in [-0.05, 0) is 35.9 Å². The van der Waals surface area contributed by atoms with E-state index in [-0.39, 0.29) is 10.8 Å². The lowest BCUT2D eigenvalue weighted by Crippen LogP contribution is -2.30. The van der Waals surface area contributed by atoms with Gasteiger partial charge in [0.15, 0.2) is 5.82 Å². The van der Waals surface area contributed by atoms with Crippen molar-refractivity contribution in [1.82, 2.24) is 19.1 Å². The Morgan fingerprint density at radius 1 is 1.10 bits per heavy atom. The Balaban J connectivity index is 1.59. The number of nitrogens with zero attached hydrogens (tertiary/aromatic N) is 4. The van der Waals surface area contributed by atoms with Crippen LogP contribution in [-0.2, 0) is 21.4 Å². The predicted octanol–water partition coefficient (Wildman–Crippen LogP) is 3.01. The van der Waals surface area contributed by atoms with Crippen molar-refractivity contribution in [3.8, 4) is 0 Å². The topological polar surface area (TPSA) is 97.2 Å². The Hall–Kier alpha value is -3.30. The number of hydrogen-bond acceptors (Lipinski definition) is 5. The number of nitrogens with one attached hydrogen (secondary N) is 1. The third kappa shape index (κ3) is 5.87.